The van der Waals surface area contributed by atoms with E-state index in [1.54, 1.807) is 24.3 Å². The van der Waals surface area contributed by atoms with Crippen molar-refractivity contribution in [2.45, 2.75) is 22.4 Å². The van der Waals surface area contributed by atoms with Crippen molar-refractivity contribution in [1.82, 2.24) is 4.72 Å². The Morgan fingerprint density at radius 2 is 1.76 bits per heavy atom. The summed E-state index contributed by atoms with van der Waals surface area (Å²) in [6.07, 6.45) is -0.278. The Hall–Kier alpha value is -1.36. The smallest absolute Gasteiger partial charge is 0.244 e. The minimum atomic E-state index is -4.15. The molecule has 134 valence electrons. The van der Waals surface area contributed by atoms with Gasteiger partial charge in [0.2, 0.25) is 20.0 Å². The lowest BCUT2D eigenvalue weighted by Gasteiger charge is -2.28. The van der Waals surface area contributed by atoms with E-state index in [4.69, 9.17) is 28.3 Å². The summed E-state index contributed by atoms with van der Waals surface area (Å²) >= 11 is 11.8. The Morgan fingerprint density at radius 1 is 1.12 bits per heavy atom. The van der Waals surface area contributed by atoms with Crippen LogP contribution in [0.4, 0.5) is 5.69 Å². The molecule has 1 heterocycles. The number of nitrogens with two attached hydrogens (primary N) is 1. The number of benzene rings is 2. The summed E-state index contributed by atoms with van der Waals surface area (Å²) in [5.41, 5.74) is 1.07. The summed E-state index contributed by atoms with van der Waals surface area (Å²) in [5.74, 6) is 0. The van der Waals surface area contributed by atoms with E-state index in [2.05, 4.69) is 10.0 Å². The molecule has 7 nitrogen and oxygen atoms in total. The molecule has 1 atom stereocenters. The number of hydrogen-bond acceptors (Lipinski definition) is 5. The minimum Gasteiger partial charge on any atom is -0.367 e. The predicted octanol–water partition coefficient (Wildman–Crippen LogP) is 1.91. The van der Waals surface area contributed by atoms with Crippen molar-refractivity contribution in [3.8, 4) is 0 Å². The fourth-order valence-corrected chi connectivity index (χ4v) is 5.13. The topological polar surface area (TPSA) is 118 Å². The third kappa shape index (κ3) is 3.91. The monoisotopic (exact) mass is 421 g/mol. The number of halogens is 2. The molecule has 0 spiro atoms. The van der Waals surface area contributed by atoms with Crippen LogP contribution in [0.15, 0.2) is 46.2 Å². The van der Waals surface area contributed by atoms with Gasteiger partial charge in [0, 0.05) is 11.4 Å². The Kier molecular flexibility index (Phi) is 4.73. The molecule has 0 bridgehead atoms. The van der Waals surface area contributed by atoms with Gasteiger partial charge < -0.3 is 5.32 Å². The van der Waals surface area contributed by atoms with Crippen LogP contribution in [-0.4, -0.2) is 23.0 Å². The second-order valence-electron chi connectivity index (χ2n) is 5.47. The van der Waals surface area contributed by atoms with Gasteiger partial charge in [-0.3, -0.25) is 0 Å². The second-order valence-corrected chi connectivity index (χ2v) is 9.53. The van der Waals surface area contributed by atoms with Gasteiger partial charge in [-0.2, -0.15) is 4.72 Å². The maximum Gasteiger partial charge on any atom is 0.244 e. The van der Waals surface area contributed by atoms with E-state index in [-0.39, 0.29) is 15.6 Å². The van der Waals surface area contributed by atoms with E-state index in [1.165, 1.54) is 6.07 Å². The van der Waals surface area contributed by atoms with E-state index in [0.29, 0.717) is 11.4 Å². The van der Waals surface area contributed by atoms with Crippen molar-refractivity contribution in [3.63, 3.8) is 0 Å². The van der Waals surface area contributed by atoms with E-state index in [1.807, 2.05) is 0 Å². The molecule has 3 rings (SSSR count). The number of fused-ring (bicyclic) bond motifs is 1. The van der Waals surface area contributed by atoms with Gasteiger partial charge in [0.15, 0.2) is 0 Å². The first-order valence-electron chi connectivity index (χ1n) is 6.96. The minimum absolute atomic E-state index is 0.156. The van der Waals surface area contributed by atoms with Gasteiger partial charge in [-0.05, 0) is 29.8 Å². The zero-order chi connectivity index (χ0) is 18.4. The molecule has 0 aliphatic carbocycles. The van der Waals surface area contributed by atoms with Crippen LogP contribution >= 0.6 is 23.2 Å². The molecule has 0 saturated heterocycles. The fourth-order valence-electron chi connectivity index (χ4n) is 2.50. The van der Waals surface area contributed by atoms with Gasteiger partial charge in [0.1, 0.15) is 9.79 Å². The molecular weight excluding hydrogens is 409 g/mol. The first kappa shape index (κ1) is 18.4. The molecule has 0 saturated carbocycles. The van der Waals surface area contributed by atoms with Crippen molar-refractivity contribution in [1.29, 1.82) is 0 Å². The van der Waals surface area contributed by atoms with Crippen molar-refractivity contribution >= 4 is 48.9 Å². The molecule has 25 heavy (non-hydrogen) atoms. The fraction of sp³-hybridized carbons (Fsp3) is 0.143. The molecule has 0 radical (unpaired) electrons. The first-order valence-corrected chi connectivity index (χ1v) is 10.7. The summed E-state index contributed by atoms with van der Waals surface area (Å²) in [5, 5.41) is 8.48. The van der Waals surface area contributed by atoms with Gasteiger partial charge in [-0.15, -0.1) is 0 Å². The summed E-state index contributed by atoms with van der Waals surface area (Å²) in [6.45, 7) is 0. The van der Waals surface area contributed by atoms with Gasteiger partial charge in [0.25, 0.3) is 0 Å². The number of rotatable bonds is 3. The standard InChI is InChI=1S/C14H13Cl2N3O4S2/c15-9-3-1-8(2-4-9)5-14-18-11-6-10(16)12(24(17,20)21)7-13(11)25(22,23)19-14/h1-4,6-7,14,18-19H,5H2,(H2,17,20,21). The van der Waals surface area contributed by atoms with E-state index < -0.39 is 31.1 Å². The van der Waals surface area contributed by atoms with Crippen LogP contribution in [0.25, 0.3) is 0 Å². The van der Waals surface area contributed by atoms with Gasteiger partial charge in [-0.25, -0.2) is 22.0 Å². The van der Waals surface area contributed by atoms with Crippen LogP contribution in [-0.2, 0) is 26.5 Å². The predicted molar refractivity (Wildman–Crippen MR) is 95.7 cm³/mol. The third-order valence-corrected chi connectivity index (χ3v) is 6.75. The molecular formula is C14H13Cl2N3O4S2. The lowest BCUT2D eigenvalue weighted by molar-refractivity contribution is 0.555. The number of primary sulfonamides is 1. The summed E-state index contributed by atoms with van der Waals surface area (Å²) in [6, 6.07) is 9.16. The average Bonchev–Trinajstić information content (AvgIpc) is 2.47. The molecule has 2 aromatic rings. The summed E-state index contributed by atoms with van der Waals surface area (Å²) in [7, 11) is -8.08. The van der Waals surface area contributed by atoms with Gasteiger partial charge in [-0.1, -0.05) is 35.3 Å². The molecule has 0 aromatic heterocycles. The van der Waals surface area contributed by atoms with Crippen LogP contribution < -0.4 is 15.2 Å². The average molecular weight is 422 g/mol. The zero-order valence-electron chi connectivity index (χ0n) is 12.5. The highest BCUT2D eigenvalue weighted by molar-refractivity contribution is 7.90. The van der Waals surface area contributed by atoms with Crippen LogP contribution in [0.5, 0.6) is 0 Å². The van der Waals surface area contributed by atoms with Crippen LogP contribution in [0.2, 0.25) is 10.0 Å². The Morgan fingerprint density at radius 3 is 2.36 bits per heavy atom. The van der Waals surface area contributed by atoms with Crippen LogP contribution in [0.1, 0.15) is 5.56 Å². The van der Waals surface area contributed by atoms with Gasteiger partial charge in [0.05, 0.1) is 16.9 Å². The highest BCUT2D eigenvalue weighted by Crippen LogP contribution is 2.34. The lowest BCUT2D eigenvalue weighted by Crippen LogP contribution is -2.46. The highest BCUT2D eigenvalue weighted by atomic mass is 35.5. The molecule has 4 N–H and O–H groups in total. The maximum atomic E-state index is 12.5. The Labute approximate surface area is 155 Å². The molecule has 11 heteroatoms. The van der Waals surface area contributed by atoms with Crippen molar-refractivity contribution in [2.75, 3.05) is 5.32 Å². The third-order valence-electron chi connectivity index (χ3n) is 3.61. The molecule has 1 aliphatic heterocycles. The normalized spacial score (nSPS) is 19.1. The summed E-state index contributed by atoms with van der Waals surface area (Å²) in [4.78, 5) is -0.676. The molecule has 1 aliphatic rings. The zero-order valence-corrected chi connectivity index (χ0v) is 15.7. The number of nitrogens with one attached hydrogen (secondary N) is 2. The largest absolute Gasteiger partial charge is 0.367 e. The number of hydrogen-bond donors (Lipinski definition) is 3. The van der Waals surface area contributed by atoms with Crippen molar-refractivity contribution in [2.24, 2.45) is 5.14 Å². The summed E-state index contributed by atoms with van der Waals surface area (Å²) < 4.78 is 50.5. The number of sulfonamides is 2. The molecule has 0 amide bonds. The van der Waals surface area contributed by atoms with Crippen molar-refractivity contribution in [3.05, 3.63) is 52.0 Å². The first-order chi connectivity index (χ1) is 11.6. The van der Waals surface area contributed by atoms with E-state index in [0.717, 1.165) is 11.6 Å². The Bertz CT molecular complexity index is 1040. The van der Waals surface area contributed by atoms with Crippen LogP contribution in [0, 0.1) is 0 Å². The number of anilines is 1. The van der Waals surface area contributed by atoms with Gasteiger partial charge >= 0.3 is 0 Å². The van der Waals surface area contributed by atoms with Crippen molar-refractivity contribution < 1.29 is 16.8 Å². The SMILES string of the molecule is NS(=O)(=O)c1cc2c(cc1Cl)NC(Cc1ccc(Cl)cc1)NS2(=O)=O. The quantitative estimate of drug-likeness (QED) is 0.699. The second kappa shape index (κ2) is 6.42. The maximum absolute atomic E-state index is 12.5. The Balaban J connectivity index is 1.98. The van der Waals surface area contributed by atoms with E-state index >= 15 is 0 Å². The molecule has 2 aromatic carbocycles. The highest BCUT2D eigenvalue weighted by Gasteiger charge is 2.31. The molecule has 1 unspecified atom stereocenters. The molecule has 0 fully saturated rings. The lowest BCUT2D eigenvalue weighted by atomic mass is 10.1. The van der Waals surface area contributed by atoms with Crippen LogP contribution in [0.3, 0.4) is 0 Å². The van der Waals surface area contributed by atoms with E-state index in [9.17, 15) is 16.8 Å².